The maximum Gasteiger partial charge on any atom is 0.304 e. The summed E-state index contributed by atoms with van der Waals surface area (Å²) in [6, 6.07) is 0. The van der Waals surface area contributed by atoms with E-state index in [1.54, 1.807) is 6.20 Å². The van der Waals surface area contributed by atoms with Crippen molar-refractivity contribution in [2.45, 2.75) is 27.2 Å². The zero-order valence-corrected chi connectivity index (χ0v) is 7.92. The van der Waals surface area contributed by atoms with Crippen LogP contribution >= 0.6 is 11.3 Å². The van der Waals surface area contributed by atoms with Gasteiger partial charge < -0.3 is 4.98 Å². The van der Waals surface area contributed by atoms with Crippen molar-refractivity contribution >= 4 is 11.3 Å². The molecule has 0 aliphatic heterocycles. The van der Waals surface area contributed by atoms with Crippen molar-refractivity contribution in [3.63, 3.8) is 0 Å². The van der Waals surface area contributed by atoms with Gasteiger partial charge in [-0.2, -0.15) is 0 Å². The fourth-order valence-corrected chi connectivity index (χ4v) is 1.91. The predicted octanol–water partition coefficient (Wildman–Crippen LogP) is 2.02. The lowest BCUT2D eigenvalue weighted by molar-refractivity contribution is 0.414. The molecule has 1 aromatic heterocycles. The van der Waals surface area contributed by atoms with Crippen LogP contribution in [0.5, 0.6) is 0 Å². The molecule has 0 saturated carbocycles. The number of aromatic nitrogens is 1. The highest BCUT2D eigenvalue weighted by Crippen LogP contribution is 2.20. The molecule has 0 radical (unpaired) electrons. The third kappa shape index (κ3) is 2.89. The van der Waals surface area contributed by atoms with Gasteiger partial charge in [0.05, 0.1) is 0 Å². The van der Waals surface area contributed by atoms with Crippen LogP contribution in [0.15, 0.2) is 11.0 Å². The predicted molar refractivity (Wildman–Crippen MR) is 48.1 cm³/mol. The summed E-state index contributed by atoms with van der Waals surface area (Å²) in [6.07, 6.45) is 2.77. The molecular formula is C8H13NOS. The molecule has 0 aliphatic carbocycles. The number of H-pyrrole nitrogens is 1. The lowest BCUT2D eigenvalue weighted by Gasteiger charge is -2.15. The van der Waals surface area contributed by atoms with Crippen molar-refractivity contribution in [2.24, 2.45) is 5.41 Å². The van der Waals surface area contributed by atoms with Crippen LogP contribution in [0.2, 0.25) is 0 Å². The summed E-state index contributed by atoms with van der Waals surface area (Å²) in [5.74, 6) is 0. The van der Waals surface area contributed by atoms with Crippen LogP contribution in [0.3, 0.4) is 0 Å². The van der Waals surface area contributed by atoms with Crippen LogP contribution in [0.25, 0.3) is 0 Å². The molecule has 0 spiro atoms. The minimum atomic E-state index is 0.0456. The number of hydrogen-bond acceptors (Lipinski definition) is 2. The second-order valence-corrected chi connectivity index (χ2v) is 4.98. The van der Waals surface area contributed by atoms with E-state index >= 15 is 0 Å². The third-order valence-electron chi connectivity index (χ3n) is 1.28. The van der Waals surface area contributed by atoms with Crippen LogP contribution in [0.1, 0.15) is 25.6 Å². The van der Waals surface area contributed by atoms with Gasteiger partial charge in [0.2, 0.25) is 0 Å². The van der Waals surface area contributed by atoms with Crippen molar-refractivity contribution in [2.75, 3.05) is 0 Å². The molecule has 0 amide bonds. The molecule has 0 bridgehead atoms. The van der Waals surface area contributed by atoms with Gasteiger partial charge in [-0.1, -0.05) is 32.1 Å². The van der Waals surface area contributed by atoms with E-state index in [0.717, 1.165) is 11.3 Å². The van der Waals surface area contributed by atoms with Crippen molar-refractivity contribution < 1.29 is 0 Å². The molecule has 62 valence electrons. The molecule has 1 rings (SSSR count). The lowest BCUT2D eigenvalue weighted by atomic mass is 9.92. The molecule has 0 unspecified atom stereocenters. The molecule has 0 atom stereocenters. The average Bonchev–Trinajstić information content (AvgIpc) is 2.10. The van der Waals surface area contributed by atoms with E-state index in [1.807, 2.05) is 0 Å². The van der Waals surface area contributed by atoms with Crippen LogP contribution < -0.4 is 4.87 Å². The van der Waals surface area contributed by atoms with E-state index in [0.29, 0.717) is 0 Å². The molecule has 0 aliphatic rings. The van der Waals surface area contributed by atoms with Gasteiger partial charge in [-0.3, -0.25) is 4.79 Å². The maximum atomic E-state index is 10.7. The number of aromatic amines is 1. The van der Waals surface area contributed by atoms with E-state index < -0.39 is 0 Å². The molecule has 0 fully saturated rings. The molecule has 11 heavy (non-hydrogen) atoms. The van der Waals surface area contributed by atoms with Crippen molar-refractivity contribution in [3.05, 3.63) is 20.7 Å². The molecule has 0 saturated heterocycles. The molecule has 3 heteroatoms. The second-order valence-electron chi connectivity index (χ2n) is 3.88. The van der Waals surface area contributed by atoms with Crippen LogP contribution in [0, 0.1) is 5.41 Å². The Kier molecular flexibility index (Phi) is 2.18. The van der Waals surface area contributed by atoms with Gasteiger partial charge >= 0.3 is 4.87 Å². The monoisotopic (exact) mass is 171 g/mol. The van der Waals surface area contributed by atoms with E-state index in [2.05, 4.69) is 25.8 Å². The Morgan fingerprint density at radius 2 is 2.18 bits per heavy atom. The number of thiazole rings is 1. The summed E-state index contributed by atoms with van der Waals surface area (Å²) in [5, 5.41) is 0. The first-order chi connectivity index (χ1) is 4.97. The second kappa shape index (κ2) is 2.81. The standard InChI is InChI=1S/C8H13NOS/c1-8(2,3)4-6-5-9-7(10)11-6/h5H,4H2,1-3H3,(H,9,10). The fourth-order valence-electron chi connectivity index (χ4n) is 0.927. The molecular weight excluding hydrogens is 158 g/mol. The molecule has 0 aromatic carbocycles. The fraction of sp³-hybridized carbons (Fsp3) is 0.625. The van der Waals surface area contributed by atoms with Gasteiger partial charge in [-0.05, 0) is 11.8 Å². The van der Waals surface area contributed by atoms with Gasteiger partial charge in [0.1, 0.15) is 0 Å². The summed E-state index contributed by atoms with van der Waals surface area (Å²) in [6.45, 7) is 6.49. The highest BCUT2D eigenvalue weighted by Gasteiger charge is 2.12. The maximum absolute atomic E-state index is 10.7. The summed E-state index contributed by atoms with van der Waals surface area (Å²) in [5.41, 5.74) is 0.269. The summed E-state index contributed by atoms with van der Waals surface area (Å²) in [7, 11) is 0. The normalized spacial score (nSPS) is 11.9. The minimum absolute atomic E-state index is 0.0456. The van der Waals surface area contributed by atoms with Crippen molar-refractivity contribution in [1.82, 2.24) is 4.98 Å². The molecule has 1 aromatic rings. The Bertz CT molecular complexity index is 279. The number of rotatable bonds is 1. The first-order valence-corrected chi connectivity index (χ1v) is 4.46. The van der Waals surface area contributed by atoms with Crippen LogP contribution in [0.4, 0.5) is 0 Å². The Morgan fingerprint density at radius 3 is 2.55 bits per heavy atom. The van der Waals surface area contributed by atoms with Gasteiger partial charge in [0, 0.05) is 11.1 Å². The van der Waals surface area contributed by atoms with Crippen LogP contribution in [-0.4, -0.2) is 4.98 Å². The van der Waals surface area contributed by atoms with Gasteiger partial charge in [-0.25, -0.2) is 0 Å². The van der Waals surface area contributed by atoms with Gasteiger partial charge in [-0.15, -0.1) is 0 Å². The summed E-state index contributed by atoms with van der Waals surface area (Å²) >= 11 is 1.30. The third-order valence-corrected chi connectivity index (χ3v) is 2.11. The topological polar surface area (TPSA) is 32.9 Å². The zero-order chi connectivity index (χ0) is 8.48. The molecule has 1 heterocycles. The van der Waals surface area contributed by atoms with E-state index in [1.165, 1.54) is 11.3 Å². The number of hydrogen-bond donors (Lipinski definition) is 1. The van der Waals surface area contributed by atoms with Gasteiger partial charge in [0.15, 0.2) is 0 Å². The smallest absolute Gasteiger partial charge is 0.304 e. The molecule has 1 N–H and O–H groups in total. The summed E-state index contributed by atoms with van der Waals surface area (Å²) in [4.78, 5) is 14.6. The lowest BCUT2D eigenvalue weighted by Crippen LogP contribution is -2.07. The van der Waals surface area contributed by atoms with E-state index in [-0.39, 0.29) is 10.3 Å². The Balaban J connectivity index is 2.73. The van der Waals surface area contributed by atoms with Gasteiger partial charge in [0.25, 0.3) is 0 Å². The van der Waals surface area contributed by atoms with Crippen LogP contribution in [-0.2, 0) is 6.42 Å². The molecule has 2 nitrogen and oxygen atoms in total. The summed E-state index contributed by atoms with van der Waals surface area (Å²) < 4.78 is 0. The number of nitrogens with one attached hydrogen (secondary N) is 1. The largest absolute Gasteiger partial charge is 0.319 e. The Morgan fingerprint density at radius 1 is 1.55 bits per heavy atom. The minimum Gasteiger partial charge on any atom is -0.319 e. The SMILES string of the molecule is CC(C)(C)Cc1c[nH]c(=O)s1. The van der Waals surface area contributed by atoms with E-state index in [4.69, 9.17) is 0 Å². The first kappa shape index (κ1) is 8.53. The van der Waals surface area contributed by atoms with Crippen molar-refractivity contribution in [3.8, 4) is 0 Å². The van der Waals surface area contributed by atoms with Crippen molar-refractivity contribution in [1.29, 1.82) is 0 Å². The quantitative estimate of drug-likeness (QED) is 0.689. The zero-order valence-electron chi connectivity index (χ0n) is 7.10. The average molecular weight is 171 g/mol. The Labute approximate surface area is 70.3 Å². The van der Waals surface area contributed by atoms with E-state index in [9.17, 15) is 4.79 Å². The highest BCUT2D eigenvalue weighted by molar-refractivity contribution is 7.09. The first-order valence-electron chi connectivity index (χ1n) is 3.65. The Hall–Kier alpha value is -0.570. The highest BCUT2D eigenvalue weighted by atomic mass is 32.1.